The molecule has 1 amide bonds. The van der Waals surface area contributed by atoms with E-state index in [0.717, 1.165) is 22.6 Å². The number of halogens is 1. The number of rotatable bonds is 4. The number of carbonyl (C=O) groups is 2. The molecular weight excluding hydrogens is 415 g/mol. The fourth-order valence-corrected chi connectivity index (χ4v) is 3.66. The average molecular weight is 432 g/mol. The SMILES string of the molecule is Cc1ccc(/C(O)=C2\C(=O)C(=O)N(c3ccc(F)cc3)C2c2ccc([N+](=O)[O-])cc2)cc1. The Morgan fingerprint density at radius 2 is 1.56 bits per heavy atom. The zero-order valence-corrected chi connectivity index (χ0v) is 16.9. The third-order valence-corrected chi connectivity index (χ3v) is 5.29. The van der Waals surface area contributed by atoms with Crippen LogP contribution in [0.1, 0.15) is 22.7 Å². The van der Waals surface area contributed by atoms with E-state index < -0.39 is 28.5 Å². The second-order valence-electron chi connectivity index (χ2n) is 7.36. The summed E-state index contributed by atoms with van der Waals surface area (Å²) in [6.07, 6.45) is 0. The summed E-state index contributed by atoms with van der Waals surface area (Å²) in [5.74, 6) is -2.68. The molecule has 4 rings (SSSR count). The molecule has 160 valence electrons. The lowest BCUT2D eigenvalue weighted by atomic mass is 9.94. The molecule has 0 bridgehead atoms. The van der Waals surface area contributed by atoms with Crippen molar-refractivity contribution in [1.82, 2.24) is 0 Å². The fraction of sp³-hybridized carbons (Fsp3) is 0.0833. The first-order valence-corrected chi connectivity index (χ1v) is 9.66. The van der Waals surface area contributed by atoms with Crippen LogP contribution in [-0.4, -0.2) is 21.7 Å². The molecule has 1 heterocycles. The second-order valence-corrected chi connectivity index (χ2v) is 7.36. The van der Waals surface area contributed by atoms with Gasteiger partial charge in [-0.3, -0.25) is 24.6 Å². The van der Waals surface area contributed by atoms with E-state index in [0.29, 0.717) is 11.1 Å². The van der Waals surface area contributed by atoms with Gasteiger partial charge in [0.05, 0.1) is 16.5 Å². The highest BCUT2D eigenvalue weighted by atomic mass is 19.1. The van der Waals surface area contributed by atoms with Crippen molar-refractivity contribution in [2.45, 2.75) is 13.0 Å². The molecule has 1 atom stereocenters. The molecule has 3 aromatic rings. The van der Waals surface area contributed by atoms with Gasteiger partial charge in [-0.05, 0) is 48.9 Å². The Labute approximate surface area is 182 Å². The smallest absolute Gasteiger partial charge is 0.300 e. The van der Waals surface area contributed by atoms with Crippen LogP contribution in [0.2, 0.25) is 0 Å². The van der Waals surface area contributed by atoms with Gasteiger partial charge in [-0.2, -0.15) is 0 Å². The van der Waals surface area contributed by atoms with E-state index >= 15 is 0 Å². The number of aliphatic hydroxyl groups is 1. The lowest BCUT2D eigenvalue weighted by molar-refractivity contribution is -0.384. The number of Topliss-reactive ketones (excluding diaryl/α,β-unsaturated/α-hetero) is 1. The number of anilines is 1. The zero-order valence-electron chi connectivity index (χ0n) is 16.9. The summed E-state index contributed by atoms with van der Waals surface area (Å²) in [6.45, 7) is 1.87. The predicted octanol–water partition coefficient (Wildman–Crippen LogP) is 4.67. The van der Waals surface area contributed by atoms with E-state index in [1.165, 1.54) is 36.4 Å². The first kappa shape index (κ1) is 20.9. The number of nitrogens with zero attached hydrogens (tertiary/aromatic N) is 2. The van der Waals surface area contributed by atoms with Crippen molar-refractivity contribution in [2.75, 3.05) is 4.90 Å². The van der Waals surface area contributed by atoms with Gasteiger partial charge < -0.3 is 5.11 Å². The molecule has 0 aromatic heterocycles. The van der Waals surface area contributed by atoms with E-state index in [2.05, 4.69) is 0 Å². The Morgan fingerprint density at radius 3 is 2.12 bits per heavy atom. The lowest BCUT2D eigenvalue weighted by Gasteiger charge is -2.25. The average Bonchev–Trinajstić information content (AvgIpc) is 3.05. The van der Waals surface area contributed by atoms with Gasteiger partial charge >= 0.3 is 0 Å². The Kier molecular flexibility index (Phi) is 5.28. The van der Waals surface area contributed by atoms with Crippen LogP contribution in [0.3, 0.4) is 0 Å². The van der Waals surface area contributed by atoms with Crippen molar-refractivity contribution in [3.63, 3.8) is 0 Å². The Balaban J connectivity index is 1.92. The molecule has 1 saturated heterocycles. The van der Waals surface area contributed by atoms with E-state index in [4.69, 9.17) is 0 Å². The van der Waals surface area contributed by atoms with Crippen LogP contribution in [-0.2, 0) is 9.59 Å². The van der Waals surface area contributed by atoms with Crippen LogP contribution in [0.15, 0.2) is 78.4 Å². The van der Waals surface area contributed by atoms with Gasteiger partial charge in [-0.15, -0.1) is 0 Å². The first-order valence-electron chi connectivity index (χ1n) is 9.66. The van der Waals surface area contributed by atoms with E-state index in [-0.39, 0.29) is 22.7 Å². The number of hydrogen-bond acceptors (Lipinski definition) is 5. The summed E-state index contributed by atoms with van der Waals surface area (Å²) in [6, 6.07) is 16.1. The normalized spacial score (nSPS) is 17.6. The van der Waals surface area contributed by atoms with Gasteiger partial charge in [0.25, 0.3) is 17.4 Å². The zero-order chi connectivity index (χ0) is 23.0. The van der Waals surface area contributed by atoms with E-state index in [1.54, 1.807) is 24.3 Å². The number of nitro groups is 1. The van der Waals surface area contributed by atoms with Crippen molar-refractivity contribution in [2.24, 2.45) is 0 Å². The standard InChI is InChI=1S/C24H17FN2O5/c1-14-2-4-16(5-3-14)22(28)20-21(15-6-10-19(11-7-15)27(31)32)26(24(30)23(20)29)18-12-8-17(25)9-13-18/h2-13,21,28H,1H3/b22-20+. The number of amides is 1. The molecule has 1 aliphatic rings. The van der Waals surface area contributed by atoms with Crippen molar-refractivity contribution >= 4 is 28.8 Å². The minimum Gasteiger partial charge on any atom is -0.507 e. The molecule has 3 aromatic carbocycles. The molecular formula is C24H17FN2O5. The highest BCUT2D eigenvalue weighted by molar-refractivity contribution is 6.51. The molecule has 0 radical (unpaired) electrons. The minimum atomic E-state index is -1.05. The summed E-state index contributed by atoms with van der Waals surface area (Å²) in [5, 5.41) is 22.0. The number of benzene rings is 3. The monoisotopic (exact) mass is 432 g/mol. The largest absolute Gasteiger partial charge is 0.507 e. The maximum absolute atomic E-state index is 13.5. The van der Waals surface area contributed by atoms with Crippen LogP contribution < -0.4 is 4.90 Å². The molecule has 0 spiro atoms. The number of non-ortho nitro benzene ring substituents is 1. The molecule has 1 fully saturated rings. The molecule has 1 aliphatic heterocycles. The Bertz CT molecular complexity index is 1250. The van der Waals surface area contributed by atoms with Gasteiger partial charge in [0.2, 0.25) is 0 Å². The van der Waals surface area contributed by atoms with Crippen molar-refractivity contribution < 1.29 is 24.0 Å². The van der Waals surface area contributed by atoms with Crippen LogP contribution in [0.25, 0.3) is 5.76 Å². The van der Waals surface area contributed by atoms with Gasteiger partial charge in [-0.1, -0.05) is 29.8 Å². The Hall–Kier alpha value is -4.33. The topological polar surface area (TPSA) is 101 Å². The number of aliphatic hydroxyl groups excluding tert-OH is 1. The highest BCUT2D eigenvalue weighted by Crippen LogP contribution is 2.42. The maximum Gasteiger partial charge on any atom is 0.300 e. The van der Waals surface area contributed by atoms with Crippen LogP contribution in [0.5, 0.6) is 0 Å². The number of nitro benzene ring substituents is 1. The van der Waals surface area contributed by atoms with Gasteiger partial charge in [0.15, 0.2) is 0 Å². The molecule has 8 heteroatoms. The number of ketones is 1. The van der Waals surface area contributed by atoms with Crippen molar-refractivity contribution in [1.29, 1.82) is 0 Å². The third kappa shape index (κ3) is 3.62. The lowest BCUT2D eigenvalue weighted by Crippen LogP contribution is -2.29. The number of hydrogen-bond donors (Lipinski definition) is 1. The van der Waals surface area contributed by atoms with Gasteiger partial charge in [0, 0.05) is 23.4 Å². The molecule has 1 unspecified atom stereocenters. The predicted molar refractivity (Wildman–Crippen MR) is 115 cm³/mol. The van der Waals surface area contributed by atoms with Crippen molar-refractivity contribution in [3.05, 3.63) is 111 Å². The summed E-state index contributed by atoms with van der Waals surface area (Å²) in [7, 11) is 0. The van der Waals surface area contributed by atoms with Crippen molar-refractivity contribution in [3.8, 4) is 0 Å². The maximum atomic E-state index is 13.5. The number of carbonyl (C=O) groups excluding carboxylic acids is 2. The molecule has 32 heavy (non-hydrogen) atoms. The summed E-state index contributed by atoms with van der Waals surface area (Å²) in [4.78, 5) is 37.6. The van der Waals surface area contributed by atoms with Gasteiger partial charge in [-0.25, -0.2) is 4.39 Å². The first-order chi connectivity index (χ1) is 15.3. The summed E-state index contributed by atoms with van der Waals surface area (Å²) >= 11 is 0. The molecule has 0 aliphatic carbocycles. The second kappa shape index (κ2) is 8.07. The van der Waals surface area contributed by atoms with Gasteiger partial charge in [0.1, 0.15) is 11.6 Å². The van der Waals surface area contributed by atoms with E-state index in [1.807, 2.05) is 6.92 Å². The third-order valence-electron chi connectivity index (χ3n) is 5.29. The van der Waals surface area contributed by atoms with Crippen LogP contribution >= 0.6 is 0 Å². The molecule has 1 N–H and O–H groups in total. The van der Waals surface area contributed by atoms with E-state index in [9.17, 15) is 29.2 Å². The number of aryl methyl sites for hydroxylation is 1. The van der Waals surface area contributed by atoms with Crippen LogP contribution in [0, 0.1) is 22.9 Å². The fourth-order valence-electron chi connectivity index (χ4n) is 3.66. The Morgan fingerprint density at radius 1 is 0.969 bits per heavy atom. The summed E-state index contributed by atoms with van der Waals surface area (Å²) in [5.41, 5.74) is 1.61. The quantitative estimate of drug-likeness (QED) is 0.212. The van der Waals surface area contributed by atoms with Crippen LogP contribution in [0.4, 0.5) is 15.8 Å². The minimum absolute atomic E-state index is 0.156. The highest BCUT2D eigenvalue weighted by Gasteiger charge is 2.47. The molecule has 7 nitrogen and oxygen atoms in total. The molecule has 0 saturated carbocycles. The summed E-state index contributed by atoms with van der Waals surface area (Å²) < 4.78 is 13.5.